The highest BCUT2D eigenvalue weighted by molar-refractivity contribution is 7.87. The molecule has 1 aliphatic heterocycles. The highest BCUT2D eigenvalue weighted by atomic mass is 32.3. The maximum Gasteiger partial charge on any atom is 0.419 e. The Morgan fingerprint density at radius 3 is 2.29 bits per heavy atom. The second-order valence-electron chi connectivity index (χ2n) is 4.47. The zero-order valence-corrected chi connectivity index (χ0v) is 11.0. The Kier molecular flexibility index (Phi) is 3.68. The first-order valence-corrected chi connectivity index (χ1v) is 7.05. The van der Waals surface area contributed by atoms with E-state index in [-0.39, 0.29) is 5.69 Å². The normalized spacial score (nSPS) is 20.1. The monoisotopic (exact) mass is 329 g/mol. The Morgan fingerprint density at radius 2 is 1.86 bits per heavy atom. The molecule has 0 bridgehead atoms. The van der Waals surface area contributed by atoms with Gasteiger partial charge in [0, 0.05) is 18.7 Å². The lowest BCUT2D eigenvalue weighted by atomic mass is 10.1. The van der Waals surface area contributed by atoms with Gasteiger partial charge in [0.25, 0.3) is 0 Å². The van der Waals surface area contributed by atoms with E-state index in [4.69, 9.17) is 0 Å². The summed E-state index contributed by atoms with van der Waals surface area (Å²) in [6.45, 7) is -0.567. The lowest BCUT2D eigenvalue weighted by Crippen LogP contribution is -2.27. The molecule has 1 aromatic rings. The van der Waals surface area contributed by atoms with Gasteiger partial charge in [0.15, 0.2) is 0 Å². The van der Waals surface area contributed by atoms with E-state index in [1.807, 2.05) is 0 Å². The van der Waals surface area contributed by atoms with Crippen LogP contribution < -0.4 is 4.90 Å². The molecule has 1 aliphatic rings. The van der Waals surface area contributed by atoms with E-state index in [1.165, 1.54) is 0 Å². The molecule has 116 valence electrons. The average Bonchev–Trinajstić information content (AvgIpc) is 2.69. The van der Waals surface area contributed by atoms with E-state index < -0.39 is 51.9 Å². The quantitative estimate of drug-likeness (QED) is 0.618. The Labute approximate surface area is 116 Å². The maximum absolute atomic E-state index is 13.4. The molecule has 0 aliphatic carbocycles. The van der Waals surface area contributed by atoms with E-state index in [1.54, 1.807) is 0 Å². The van der Waals surface area contributed by atoms with Crippen molar-refractivity contribution in [3.8, 4) is 0 Å². The zero-order valence-electron chi connectivity index (χ0n) is 10.2. The topological polar surface area (TPSA) is 54.5 Å². The number of hydrogen-bond acceptors (Lipinski definition) is 3. The number of amides is 1. The molecule has 1 atom stereocenters. The zero-order chi connectivity index (χ0) is 16.0. The minimum Gasteiger partial charge on any atom is -0.311 e. The van der Waals surface area contributed by atoms with Crippen LogP contribution in [0.25, 0.3) is 0 Å². The fourth-order valence-electron chi connectivity index (χ4n) is 2.01. The molecule has 2 rings (SSSR count). The van der Waals surface area contributed by atoms with Crippen molar-refractivity contribution in [1.82, 2.24) is 0 Å². The van der Waals surface area contributed by atoms with Crippen LogP contribution in [0.5, 0.6) is 0 Å². The summed E-state index contributed by atoms with van der Waals surface area (Å²) in [4.78, 5) is 12.3. The van der Waals surface area contributed by atoms with E-state index >= 15 is 0 Å². The van der Waals surface area contributed by atoms with Gasteiger partial charge in [-0.1, -0.05) is 0 Å². The number of rotatable bonds is 2. The summed E-state index contributed by atoms with van der Waals surface area (Å²) >= 11 is 0. The van der Waals surface area contributed by atoms with E-state index in [9.17, 15) is 34.7 Å². The second kappa shape index (κ2) is 4.93. The lowest BCUT2D eigenvalue weighted by Gasteiger charge is -2.17. The van der Waals surface area contributed by atoms with Crippen molar-refractivity contribution < 1.29 is 34.7 Å². The standard InChI is InChI=1S/C11H8F5NO3S/c12-9-3-6(1-2-8(9)11(13,14)15)17-5-7(4-10(17)18)21(16,19)20/h1-3,7H,4-5H2. The van der Waals surface area contributed by atoms with Gasteiger partial charge in [0.1, 0.15) is 11.1 Å². The maximum atomic E-state index is 13.4. The SMILES string of the molecule is O=C1CC(S(=O)(=O)F)CN1c1ccc(C(F)(F)F)c(F)c1. The van der Waals surface area contributed by atoms with Crippen LogP contribution in [0.15, 0.2) is 18.2 Å². The summed E-state index contributed by atoms with van der Waals surface area (Å²) < 4.78 is 84.9. The predicted octanol–water partition coefficient (Wildman–Crippen LogP) is 2.25. The lowest BCUT2D eigenvalue weighted by molar-refractivity contribution is -0.139. The van der Waals surface area contributed by atoms with Crippen molar-refractivity contribution in [2.24, 2.45) is 0 Å². The predicted molar refractivity (Wildman–Crippen MR) is 62.2 cm³/mol. The Morgan fingerprint density at radius 1 is 1.24 bits per heavy atom. The van der Waals surface area contributed by atoms with Crippen molar-refractivity contribution in [2.75, 3.05) is 11.4 Å². The van der Waals surface area contributed by atoms with Gasteiger partial charge in [-0.3, -0.25) is 4.79 Å². The molecule has 0 N–H and O–H groups in total. The number of nitrogens with zero attached hydrogens (tertiary/aromatic N) is 1. The number of hydrogen-bond donors (Lipinski definition) is 0. The highest BCUT2D eigenvalue weighted by Crippen LogP contribution is 2.34. The van der Waals surface area contributed by atoms with Gasteiger partial charge in [0.05, 0.1) is 5.56 Å². The fourth-order valence-corrected chi connectivity index (χ4v) is 2.68. The summed E-state index contributed by atoms with van der Waals surface area (Å²) in [7, 11) is -4.95. The largest absolute Gasteiger partial charge is 0.419 e. The molecule has 0 radical (unpaired) electrons. The number of alkyl halides is 3. The molecule has 10 heteroatoms. The molecule has 1 saturated heterocycles. The van der Waals surface area contributed by atoms with Gasteiger partial charge in [-0.05, 0) is 18.2 Å². The summed E-state index contributed by atoms with van der Waals surface area (Å²) in [6.07, 6.45) is -5.52. The Hall–Kier alpha value is -1.71. The van der Waals surface area contributed by atoms with Gasteiger partial charge < -0.3 is 4.90 Å². The second-order valence-corrected chi connectivity index (χ2v) is 6.09. The van der Waals surface area contributed by atoms with Crippen molar-refractivity contribution in [2.45, 2.75) is 17.8 Å². The highest BCUT2D eigenvalue weighted by Gasteiger charge is 2.40. The molecule has 1 heterocycles. The van der Waals surface area contributed by atoms with Crippen molar-refractivity contribution in [3.63, 3.8) is 0 Å². The van der Waals surface area contributed by atoms with Gasteiger partial charge in [-0.25, -0.2) is 4.39 Å². The van der Waals surface area contributed by atoms with Crippen molar-refractivity contribution in [3.05, 3.63) is 29.6 Å². The first kappa shape index (κ1) is 15.7. The molecule has 0 aromatic heterocycles. The van der Waals surface area contributed by atoms with Crippen LogP contribution in [0.2, 0.25) is 0 Å². The summed E-state index contributed by atoms with van der Waals surface area (Å²) in [5.74, 6) is -2.40. The average molecular weight is 329 g/mol. The van der Waals surface area contributed by atoms with Crippen LogP contribution in [0.1, 0.15) is 12.0 Å². The van der Waals surface area contributed by atoms with Crippen LogP contribution in [0, 0.1) is 5.82 Å². The smallest absolute Gasteiger partial charge is 0.311 e. The summed E-state index contributed by atoms with van der Waals surface area (Å²) in [6, 6.07) is 1.74. The van der Waals surface area contributed by atoms with Gasteiger partial charge >= 0.3 is 16.4 Å². The summed E-state index contributed by atoms with van der Waals surface area (Å²) in [5.41, 5.74) is -1.76. The van der Waals surface area contributed by atoms with Crippen LogP contribution in [0.3, 0.4) is 0 Å². The first-order chi connectivity index (χ1) is 9.50. The third kappa shape index (κ3) is 3.14. The third-order valence-electron chi connectivity index (χ3n) is 3.06. The molecular weight excluding hydrogens is 321 g/mol. The van der Waals surface area contributed by atoms with Crippen LogP contribution in [0.4, 0.5) is 27.1 Å². The van der Waals surface area contributed by atoms with Gasteiger partial charge in [-0.15, -0.1) is 3.89 Å². The molecule has 0 saturated carbocycles. The molecule has 21 heavy (non-hydrogen) atoms. The summed E-state index contributed by atoms with van der Waals surface area (Å²) in [5, 5.41) is -1.60. The Balaban J connectivity index is 2.32. The number of halogens is 5. The van der Waals surface area contributed by atoms with Crippen LogP contribution in [-0.2, 0) is 21.2 Å². The molecule has 1 aromatic carbocycles. The fraction of sp³-hybridized carbons (Fsp3) is 0.364. The molecule has 1 amide bonds. The van der Waals surface area contributed by atoms with Crippen LogP contribution >= 0.6 is 0 Å². The Bertz CT molecular complexity index is 686. The number of anilines is 1. The minimum atomic E-state index is -4.95. The number of carbonyl (C=O) groups excluding carboxylic acids is 1. The minimum absolute atomic E-state index is 0.253. The van der Waals surface area contributed by atoms with E-state index in [2.05, 4.69) is 0 Å². The number of benzene rings is 1. The van der Waals surface area contributed by atoms with E-state index in [0.29, 0.717) is 12.1 Å². The number of carbonyl (C=O) groups is 1. The van der Waals surface area contributed by atoms with Gasteiger partial charge in [-0.2, -0.15) is 21.6 Å². The molecule has 0 spiro atoms. The molecule has 1 unspecified atom stereocenters. The first-order valence-electron chi connectivity index (χ1n) is 5.60. The third-order valence-corrected chi connectivity index (χ3v) is 4.17. The van der Waals surface area contributed by atoms with Crippen molar-refractivity contribution in [1.29, 1.82) is 0 Å². The molecular formula is C11H8F5NO3S. The van der Waals surface area contributed by atoms with E-state index in [0.717, 1.165) is 11.0 Å². The van der Waals surface area contributed by atoms with Crippen molar-refractivity contribution >= 4 is 21.8 Å². The molecule has 4 nitrogen and oxygen atoms in total. The van der Waals surface area contributed by atoms with Gasteiger partial charge in [0.2, 0.25) is 5.91 Å². The van der Waals surface area contributed by atoms with Crippen LogP contribution in [-0.4, -0.2) is 26.1 Å². The molecule has 1 fully saturated rings.